The molecule has 3 atom stereocenters. The van der Waals surface area contributed by atoms with Gasteiger partial charge in [-0.1, -0.05) is 36.4 Å². The van der Waals surface area contributed by atoms with E-state index in [1.54, 1.807) is 12.4 Å². The number of benzene rings is 2. The van der Waals surface area contributed by atoms with Crippen LogP contribution in [0.2, 0.25) is 0 Å². The number of nitrogens with one attached hydrogen (secondary N) is 4. The normalized spacial score (nSPS) is 13.6. The average molecular weight is 506 g/mol. The van der Waals surface area contributed by atoms with Crippen LogP contribution in [-0.4, -0.2) is 62.1 Å². The van der Waals surface area contributed by atoms with Gasteiger partial charge in [0.2, 0.25) is 11.8 Å². The van der Waals surface area contributed by atoms with Crippen LogP contribution >= 0.6 is 0 Å². The zero-order valence-corrected chi connectivity index (χ0v) is 19.7. The van der Waals surface area contributed by atoms with Crippen LogP contribution in [0.1, 0.15) is 17.5 Å². The standard InChI is InChI=1S/C26H27N5O6/c27-18(9-14-12-28-19-7-3-1-5-16(14)19)24(34)30-21(25(35)31-22(26(36)37)11-23(32)33)10-15-13-29-20-8-4-2-6-17(15)20/h1-8,12-13,18,21-22,28-29H,9-11,27H2,(H,30,34)(H,31,35)(H,32,33)(H,36,37)/t18-,21-,22-/m0/s1. The van der Waals surface area contributed by atoms with Gasteiger partial charge in [-0.15, -0.1) is 0 Å². The predicted octanol–water partition coefficient (Wildman–Crippen LogP) is 1.29. The van der Waals surface area contributed by atoms with E-state index < -0.39 is 48.3 Å². The third-order valence-electron chi connectivity index (χ3n) is 6.18. The van der Waals surface area contributed by atoms with Gasteiger partial charge in [-0.25, -0.2) is 4.79 Å². The third-order valence-corrected chi connectivity index (χ3v) is 6.18. The van der Waals surface area contributed by atoms with Crippen LogP contribution in [0.4, 0.5) is 0 Å². The molecular weight excluding hydrogens is 478 g/mol. The Morgan fingerprint density at radius 2 is 1.27 bits per heavy atom. The number of aliphatic carboxylic acids is 2. The van der Waals surface area contributed by atoms with Crippen LogP contribution in [-0.2, 0) is 32.0 Å². The molecule has 0 aliphatic rings. The number of aromatic nitrogens is 2. The molecule has 8 N–H and O–H groups in total. The Labute approximate surface area is 211 Å². The second-order valence-corrected chi connectivity index (χ2v) is 8.79. The van der Waals surface area contributed by atoms with E-state index in [0.29, 0.717) is 5.56 Å². The molecule has 11 heteroatoms. The Morgan fingerprint density at radius 1 is 0.757 bits per heavy atom. The van der Waals surface area contributed by atoms with Crippen molar-refractivity contribution in [2.75, 3.05) is 0 Å². The summed E-state index contributed by atoms with van der Waals surface area (Å²) >= 11 is 0. The van der Waals surface area contributed by atoms with Gasteiger partial charge in [0.15, 0.2) is 0 Å². The summed E-state index contributed by atoms with van der Waals surface area (Å²) in [7, 11) is 0. The number of para-hydroxylation sites is 2. The first-order chi connectivity index (χ1) is 17.7. The number of carboxylic acids is 2. The molecule has 37 heavy (non-hydrogen) atoms. The van der Waals surface area contributed by atoms with Gasteiger partial charge >= 0.3 is 11.9 Å². The number of carbonyl (C=O) groups is 4. The number of amides is 2. The number of hydrogen-bond donors (Lipinski definition) is 7. The second-order valence-electron chi connectivity index (χ2n) is 8.79. The molecule has 2 amide bonds. The van der Waals surface area contributed by atoms with Gasteiger partial charge < -0.3 is 36.5 Å². The number of fused-ring (bicyclic) bond motifs is 2. The van der Waals surface area contributed by atoms with Gasteiger partial charge in [-0.05, 0) is 29.7 Å². The summed E-state index contributed by atoms with van der Waals surface area (Å²) in [6.07, 6.45) is 2.90. The van der Waals surface area contributed by atoms with Gasteiger partial charge in [0.05, 0.1) is 12.5 Å². The molecule has 11 nitrogen and oxygen atoms in total. The molecule has 0 radical (unpaired) electrons. The van der Waals surface area contributed by atoms with Gasteiger partial charge in [0, 0.05) is 40.6 Å². The Bertz CT molecular complexity index is 1460. The first-order valence-electron chi connectivity index (χ1n) is 11.6. The Kier molecular flexibility index (Phi) is 7.54. The molecule has 0 unspecified atom stereocenters. The molecule has 0 saturated carbocycles. The number of H-pyrrole nitrogens is 2. The molecular formula is C26H27N5O6. The lowest BCUT2D eigenvalue weighted by Gasteiger charge is -2.22. The zero-order chi connectivity index (χ0) is 26.5. The van der Waals surface area contributed by atoms with Gasteiger partial charge in [-0.2, -0.15) is 0 Å². The topological polar surface area (TPSA) is 190 Å². The molecule has 4 rings (SSSR count). The summed E-state index contributed by atoms with van der Waals surface area (Å²) < 4.78 is 0. The van der Waals surface area contributed by atoms with Crippen LogP contribution in [0.25, 0.3) is 21.8 Å². The highest BCUT2D eigenvalue weighted by Gasteiger charge is 2.30. The summed E-state index contributed by atoms with van der Waals surface area (Å²) in [5.41, 5.74) is 9.47. The minimum atomic E-state index is -1.66. The highest BCUT2D eigenvalue weighted by molar-refractivity contribution is 5.94. The van der Waals surface area contributed by atoms with Gasteiger partial charge in [0.25, 0.3) is 0 Å². The van der Waals surface area contributed by atoms with Gasteiger partial charge in [0.1, 0.15) is 12.1 Å². The number of hydrogen-bond acceptors (Lipinski definition) is 5. The van der Waals surface area contributed by atoms with E-state index in [2.05, 4.69) is 20.6 Å². The van der Waals surface area contributed by atoms with E-state index in [1.807, 2.05) is 48.5 Å². The van der Waals surface area contributed by atoms with Crippen molar-refractivity contribution in [3.05, 3.63) is 72.1 Å². The largest absolute Gasteiger partial charge is 0.481 e. The maximum absolute atomic E-state index is 13.1. The second kappa shape index (κ2) is 11.0. The van der Waals surface area contributed by atoms with Crippen molar-refractivity contribution in [3.63, 3.8) is 0 Å². The van der Waals surface area contributed by atoms with E-state index in [4.69, 9.17) is 10.8 Å². The van der Waals surface area contributed by atoms with E-state index in [1.165, 1.54) is 0 Å². The van der Waals surface area contributed by atoms with Crippen molar-refractivity contribution < 1.29 is 29.4 Å². The smallest absolute Gasteiger partial charge is 0.326 e. The number of carbonyl (C=O) groups excluding carboxylic acids is 2. The van der Waals surface area contributed by atoms with Crippen LogP contribution in [0, 0.1) is 0 Å². The van der Waals surface area contributed by atoms with Crippen LogP contribution in [0.5, 0.6) is 0 Å². The van der Waals surface area contributed by atoms with Crippen LogP contribution < -0.4 is 16.4 Å². The first-order valence-corrected chi connectivity index (χ1v) is 11.6. The molecule has 0 saturated heterocycles. The van der Waals surface area contributed by atoms with Crippen molar-refractivity contribution in [1.29, 1.82) is 0 Å². The Hall–Kier alpha value is -4.64. The fraction of sp³-hybridized carbons (Fsp3) is 0.231. The fourth-order valence-electron chi connectivity index (χ4n) is 4.29. The number of rotatable bonds is 11. The van der Waals surface area contributed by atoms with E-state index in [9.17, 15) is 24.3 Å². The molecule has 2 heterocycles. The lowest BCUT2D eigenvalue weighted by atomic mass is 10.0. The summed E-state index contributed by atoms with van der Waals surface area (Å²) in [6, 6.07) is 11.1. The van der Waals surface area contributed by atoms with Crippen molar-refractivity contribution in [2.24, 2.45) is 5.73 Å². The zero-order valence-electron chi connectivity index (χ0n) is 19.7. The van der Waals surface area contributed by atoms with Crippen LogP contribution in [0.15, 0.2) is 60.9 Å². The third kappa shape index (κ3) is 5.96. The highest BCUT2D eigenvalue weighted by Crippen LogP contribution is 2.20. The summed E-state index contributed by atoms with van der Waals surface area (Å²) in [5.74, 6) is -4.31. The minimum Gasteiger partial charge on any atom is -0.481 e. The van der Waals surface area contributed by atoms with Crippen molar-refractivity contribution in [3.8, 4) is 0 Å². The molecule has 192 valence electrons. The molecule has 0 bridgehead atoms. The fourth-order valence-corrected chi connectivity index (χ4v) is 4.29. The number of aromatic amines is 2. The van der Waals surface area contributed by atoms with Crippen molar-refractivity contribution >= 4 is 45.6 Å². The number of carboxylic acid groups (broad SMARTS) is 2. The van der Waals surface area contributed by atoms with Gasteiger partial charge in [-0.3, -0.25) is 14.4 Å². The molecule has 2 aromatic heterocycles. The average Bonchev–Trinajstić information content (AvgIpc) is 3.47. The molecule has 0 aliphatic heterocycles. The molecule has 4 aromatic rings. The molecule has 0 aliphatic carbocycles. The van der Waals surface area contributed by atoms with Crippen molar-refractivity contribution in [2.45, 2.75) is 37.4 Å². The van der Waals surface area contributed by atoms with E-state index >= 15 is 0 Å². The lowest BCUT2D eigenvalue weighted by molar-refractivity contribution is -0.147. The molecule has 0 spiro atoms. The number of nitrogens with two attached hydrogens (primary N) is 1. The Balaban J connectivity index is 1.54. The maximum atomic E-state index is 13.1. The summed E-state index contributed by atoms with van der Waals surface area (Å²) in [5, 5.41) is 25.0. The SMILES string of the molecule is N[C@@H](Cc1c[nH]c2ccccc12)C(=O)N[C@@H](Cc1c[nH]c2ccccc12)C(=O)N[C@@H](CC(=O)O)C(=O)O. The van der Waals surface area contributed by atoms with Crippen molar-refractivity contribution in [1.82, 2.24) is 20.6 Å². The molecule has 2 aromatic carbocycles. The lowest BCUT2D eigenvalue weighted by Crippen LogP contribution is -2.55. The molecule has 0 fully saturated rings. The maximum Gasteiger partial charge on any atom is 0.326 e. The van der Waals surface area contributed by atoms with Crippen LogP contribution in [0.3, 0.4) is 0 Å². The first kappa shape index (κ1) is 25.5. The monoisotopic (exact) mass is 505 g/mol. The summed E-state index contributed by atoms with van der Waals surface area (Å²) in [4.78, 5) is 55.0. The quantitative estimate of drug-likeness (QED) is 0.160. The minimum absolute atomic E-state index is 0.0286. The summed E-state index contributed by atoms with van der Waals surface area (Å²) in [6.45, 7) is 0. The Morgan fingerprint density at radius 3 is 1.81 bits per heavy atom. The highest BCUT2D eigenvalue weighted by atomic mass is 16.4. The van der Waals surface area contributed by atoms with E-state index in [-0.39, 0.29) is 12.8 Å². The predicted molar refractivity (Wildman–Crippen MR) is 136 cm³/mol. The van der Waals surface area contributed by atoms with E-state index in [0.717, 1.165) is 27.4 Å².